The van der Waals surface area contributed by atoms with Crippen LogP contribution in [0.5, 0.6) is 0 Å². The standard InChI is InChI=1S/C15H14N6O2S/c1-10-18-15(24-20-10)21(13-8-16-6-7-17-13)9-11-2-4-12(5-3-11)14(22)19-23/h2-8,23H,9H2,1H3,(H,19,22). The molecule has 0 bridgehead atoms. The van der Waals surface area contributed by atoms with Crippen LogP contribution in [0.25, 0.3) is 0 Å². The van der Waals surface area contributed by atoms with Gasteiger partial charge in [0, 0.05) is 29.5 Å². The molecule has 0 atom stereocenters. The molecule has 2 aromatic heterocycles. The van der Waals surface area contributed by atoms with Crippen molar-refractivity contribution in [2.24, 2.45) is 0 Å². The number of nitrogens with one attached hydrogen (secondary N) is 1. The molecule has 0 unspecified atom stereocenters. The van der Waals surface area contributed by atoms with Crippen molar-refractivity contribution in [2.75, 3.05) is 4.90 Å². The fourth-order valence-corrected chi connectivity index (χ4v) is 2.77. The minimum absolute atomic E-state index is 0.374. The number of carbonyl (C=O) groups excluding carboxylic acids is 1. The van der Waals surface area contributed by atoms with Crippen molar-refractivity contribution in [3.63, 3.8) is 0 Å². The second kappa shape index (κ2) is 7.11. The van der Waals surface area contributed by atoms with Crippen LogP contribution in [0.1, 0.15) is 21.7 Å². The third kappa shape index (κ3) is 3.53. The third-order valence-electron chi connectivity index (χ3n) is 3.23. The van der Waals surface area contributed by atoms with Crippen molar-refractivity contribution < 1.29 is 10.0 Å². The Morgan fingerprint density at radius 3 is 2.67 bits per heavy atom. The van der Waals surface area contributed by atoms with E-state index in [0.717, 1.165) is 5.56 Å². The van der Waals surface area contributed by atoms with Gasteiger partial charge < -0.3 is 0 Å². The quantitative estimate of drug-likeness (QED) is 0.540. The lowest BCUT2D eigenvalue weighted by Crippen LogP contribution is -2.19. The highest BCUT2D eigenvalue weighted by atomic mass is 32.1. The summed E-state index contributed by atoms with van der Waals surface area (Å²) in [7, 11) is 0. The Hall–Kier alpha value is -2.91. The number of amides is 1. The fourth-order valence-electron chi connectivity index (χ4n) is 2.08. The molecule has 0 saturated heterocycles. The van der Waals surface area contributed by atoms with Crippen LogP contribution < -0.4 is 10.4 Å². The van der Waals surface area contributed by atoms with Gasteiger partial charge in [-0.1, -0.05) is 12.1 Å². The molecule has 1 aromatic carbocycles. The molecule has 24 heavy (non-hydrogen) atoms. The molecular formula is C15H14N6O2S. The maximum absolute atomic E-state index is 11.4. The number of benzene rings is 1. The molecule has 3 rings (SSSR count). The Morgan fingerprint density at radius 1 is 1.29 bits per heavy atom. The normalized spacial score (nSPS) is 10.4. The van der Waals surface area contributed by atoms with E-state index < -0.39 is 5.91 Å². The molecule has 1 amide bonds. The fraction of sp³-hybridized carbons (Fsp3) is 0.133. The average Bonchev–Trinajstić information content (AvgIpc) is 3.06. The monoisotopic (exact) mass is 342 g/mol. The molecule has 0 spiro atoms. The van der Waals surface area contributed by atoms with Crippen molar-refractivity contribution in [3.8, 4) is 0 Å². The maximum Gasteiger partial charge on any atom is 0.274 e. The minimum Gasteiger partial charge on any atom is -0.295 e. The van der Waals surface area contributed by atoms with E-state index in [-0.39, 0.29) is 0 Å². The average molecular weight is 342 g/mol. The van der Waals surface area contributed by atoms with Crippen molar-refractivity contribution in [3.05, 3.63) is 59.8 Å². The number of nitrogens with zero attached hydrogens (tertiary/aromatic N) is 5. The summed E-state index contributed by atoms with van der Waals surface area (Å²) in [6.45, 7) is 2.32. The molecule has 122 valence electrons. The topological polar surface area (TPSA) is 104 Å². The Labute approximate surface area is 142 Å². The van der Waals surface area contributed by atoms with Crippen molar-refractivity contribution in [1.29, 1.82) is 0 Å². The van der Waals surface area contributed by atoms with Crippen molar-refractivity contribution in [2.45, 2.75) is 13.5 Å². The third-order valence-corrected chi connectivity index (χ3v) is 4.06. The first-order valence-corrected chi connectivity index (χ1v) is 7.82. The molecule has 3 aromatic rings. The number of hydroxylamine groups is 1. The van der Waals surface area contributed by atoms with Gasteiger partial charge in [0.15, 0.2) is 5.82 Å². The summed E-state index contributed by atoms with van der Waals surface area (Å²) in [6.07, 6.45) is 4.88. The highest BCUT2D eigenvalue weighted by molar-refractivity contribution is 7.09. The van der Waals surface area contributed by atoms with E-state index in [1.807, 2.05) is 24.0 Å². The number of rotatable bonds is 5. The highest BCUT2D eigenvalue weighted by Crippen LogP contribution is 2.26. The van der Waals surface area contributed by atoms with Crippen LogP contribution >= 0.6 is 11.5 Å². The van der Waals surface area contributed by atoms with Gasteiger partial charge in [-0.2, -0.15) is 4.37 Å². The number of carbonyl (C=O) groups is 1. The maximum atomic E-state index is 11.4. The summed E-state index contributed by atoms with van der Waals surface area (Å²) in [5.41, 5.74) is 2.93. The van der Waals surface area contributed by atoms with E-state index in [4.69, 9.17) is 5.21 Å². The Bertz CT molecular complexity index is 821. The van der Waals surface area contributed by atoms with Gasteiger partial charge in [-0.25, -0.2) is 15.4 Å². The van der Waals surface area contributed by atoms with E-state index in [0.29, 0.717) is 28.9 Å². The zero-order chi connectivity index (χ0) is 16.9. The molecule has 0 radical (unpaired) electrons. The zero-order valence-corrected chi connectivity index (χ0v) is 13.6. The summed E-state index contributed by atoms with van der Waals surface area (Å²) in [6, 6.07) is 6.89. The van der Waals surface area contributed by atoms with Gasteiger partial charge in [-0.3, -0.25) is 19.9 Å². The summed E-state index contributed by atoms with van der Waals surface area (Å²) in [5, 5.41) is 9.38. The second-order valence-corrected chi connectivity index (χ2v) is 5.64. The van der Waals surface area contributed by atoms with Gasteiger partial charge in [-0.05, 0) is 24.6 Å². The van der Waals surface area contributed by atoms with Crippen LogP contribution in [-0.2, 0) is 6.54 Å². The van der Waals surface area contributed by atoms with Crippen LogP contribution in [0.3, 0.4) is 0 Å². The molecule has 0 aliphatic carbocycles. The molecular weight excluding hydrogens is 328 g/mol. The van der Waals surface area contributed by atoms with Gasteiger partial charge >= 0.3 is 0 Å². The van der Waals surface area contributed by atoms with Gasteiger partial charge in [0.2, 0.25) is 5.13 Å². The Morgan fingerprint density at radius 2 is 2.08 bits per heavy atom. The SMILES string of the molecule is Cc1nsc(N(Cc2ccc(C(=O)NO)cc2)c2cnccn2)n1. The van der Waals surface area contributed by atoms with Gasteiger partial charge in [-0.15, -0.1) is 0 Å². The summed E-state index contributed by atoms with van der Waals surface area (Å²) < 4.78 is 4.21. The van der Waals surface area contributed by atoms with Crippen LogP contribution in [-0.4, -0.2) is 30.4 Å². The van der Waals surface area contributed by atoms with Crippen LogP contribution in [0.4, 0.5) is 10.9 Å². The number of anilines is 2. The highest BCUT2D eigenvalue weighted by Gasteiger charge is 2.16. The van der Waals surface area contributed by atoms with Crippen molar-refractivity contribution >= 4 is 28.4 Å². The zero-order valence-electron chi connectivity index (χ0n) is 12.7. The second-order valence-electron chi connectivity index (χ2n) is 4.91. The van der Waals surface area contributed by atoms with E-state index in [1.165, 1.54) is 11.5 Å². The van der Waals surface area contributed by atoms with Crippen LogP contribution in [0.15, 0.2) is 42.9 Å². The number of aromatic nitrogens is 4. The van der Waals surface area contributed by atoms with Crippen molar-refractivity contribution in [1.82, 2.24) is 24.8 Å². The minimum atomic E-state index is -0.549. The molecule has 0 aliphatic rings. The summed E-state index contributed by atoms with van der Waals surface area (Å²) >= 11 is 1.28. The Kier molecular flexibility index (Phi) is 4.73. The first-order chi connectivity index (χ1) is 11.7. The van der Waals surface area contributed by atoms with Gasteiger partial charge in [0.25, 0.3) is 5.91 Å². The van der Waals surface area contributed by atoms with E-state index in [2.05, 4.69) is 19.3 Å². The van der Waals surface area contributed by atoms with E-state index in [9.17, 15) is 4.79 Å². The lowest BCUT2D eigenvalue weighted by molar-refractivity contribution is 0.0706. The predicted octanol–water partition coefficient (Wildman–Crippen LogP) is 2.09. The first-order valence-electron chi connectivity index (χ1n) is 7.04. The number of aryl methyl sites for hydroxylation is 1. The lowest BCUT2D eigenvalue weighted by atomic mass is 10.1. The smallest absolute Gasteiger partial charge is 0.274 e. The molecule has 0 aliphatic heterocycles. The van der Waals surface area contributed by atoms with Gasteiger partial charge in [0.1, 0.15) is 5.82 Å². The molecule has 0 saturated carbocycles. The molecule has 9 heteroatoms. The van der Waals surface area contributed by atoms with Gasteiger partial charge in [0.05, 0.1) is 12.7 Å². The van der Waals surface area contributed by atoms with Crippen LogP contribution in [0.2, 0.25) is 0 Å². The summed E-state index contributed by atoms with van der Waals surface area (Å²) in [5.74, 6) is 0.803. The first kappa shape index (κ1) is 16.0. The predicted molar refractivity (Wildman–Crippen MR) is 88.2 cm³/mol. The molecule has 0 fully saturated rings. The van der Waals surface area contributed by atoms with E-state index >= 15 is 0 Å². The van der Waals surface area contributed by atoms with E-state index in [1.54, 1.807) is 36.2 Å². The lowest BCUT2D eigenvalue weighted by Gasteiger charge is -2.20. The largest absolute Gasteiger partial charge is 0.295 e. The molecule has 2 heterocycles. The molecule has 8 nitrogen and oxygen atoms in total. The number of hydrogen-bond donors (Lipinski definition) is 2. The van der Waals surface area contributed by atoms with Crippen LogP contribution in [0, 0.1) is 6.92 Å². The summed E-state index contributed by atoms with van der Waals surface area (Å²) in [4.78, 5) is 26.1. The molecule has 2 N–H and O–H groups in total. The number of hydrogen-bond acceptors (Lipinski definition) is 8. The Balaban J connectivity index is 1.88.